The first-order valence-corrected chi connectivity index (χ1v) is 6.35. The van der Waals surface area contributed by atoms with E-state index in [1.165, 1.54) is 6.33 Å². The van der Waals surface area contributed by atoms with Gasteiger partial charge in [-0.2, -0.15) is 0 Å². The van der Waals surface area contributed by atoms with Gasteiger partial charge in [0.1, 0.15) is 6.33 Å². The molecule has 2 N–H and O–H groups in total. The van der Waals surface area contributed by atoms with Crippen LogP contribution in [0.5, 0.6) is 0 Å². The van der Waals surface area contributed by atoms with Crippen molar-refractivity contribution in [3.63, 3.8) is 0 Å². The number of nitrogens with one attached hydrogen (secondary N) is 2. The van der Waals surface area contributed by atoms with Gasteiger partial charge in [-0.25, -0.2) is 9.97 Å². The Morgan fingerprint density at radius 2 is 2.17 bits per heavy atom. The van der Waals surface area contributed by atoms with E-state index in [1.54, 1.807) is 6.20 Å². The lowest BCUT2D eigenvalue weighted by Crippen LogP contribution is -2.42. The number of rotatable bonds is 7. The quantitative estimate of drug-likeness (QED) is 0.761. The average molecular weight is 250 g/mol. The highest BCUT2D eigenvalue weighted by Gasteiger charge is 2.11. The SMILES string of the molecule is CC(C)CCNC(=O)C(C)NCc1ccncn1. The summed E-state index contributed by atoms with van der Waals surface area (Å²) in [5, 5.41) is 6.05. The summed E-state index contributed by atoms with van der Waals surface area (Å²) >= 11 is 0. The normalized spacial score (nSPS) is 12.4. The van der Waals surface area contributed by atoms with Crippen molar-refractivity contribution in [2.75, 3.05) is 6.54 Å². The summed E-state index contributed by atoms with van der Waals surface area (Å²) in [6.07, 6.45) is 4.20. The monoisotopic (exact) mass is 250 g/mol. The molecule has 0 spiro atoms. The number of carbonyl (C=O) groups excluding carboxylic acids is 1. The minimum Gasteiger partial charge on any atom is -0.355 e. The fourth-order valence-corrected chi connectivity index (χ4v) is 1.41. The second-order valence-electron chi connectivity index (χ2n) is 4.78. The van der Waals surface area contributed by atoms with E-state index in [0.717, 1.165) is 18.7 Å². The topological polar surface area (TPSA) is 66.9 Å². The highest BCUT2D eigenvalue weighted by molar-refractivity contribution is 5.81. The van der Waals surface area contributed by atoms with E-state index in [4.69, 9.17) is 0 Å². The van der Waals surface area contributed by atoms with Crippen LogP contribution in [0.4, 0.5) is 0 Å². The van der Waals surface area contributed by atoms with Crippen molar-refractivity contribution in [1.82, 2.24) is 20.6 Å². The van der Waals surface area contributed by atoms with Crippen LogP contribution in [-0.4, -0.2) is 28.5 Å². The van der Waals surface area contributed by atoms with E-state index in [0.29, 0.717) is 12.5 Å². The van der Waals surface area contributed by atoms with Gasteiger partial charge in [0.2, 0.25) is 5.91 Å². The van der Waals surface area contributed by atoms with Crippen molar-refractivity contribution >= 4 is 5.91 Å². The Kier molecular flexibility index (Phi) is 6.28. The molecule has 18 heavy (non-hydrogen) atoms. The summed E-state index contributed by atoms with van der Waals surface area (Å²) in [5.74, 6) is 0.638. The minimum atomic E-state index is -0.216. The second-order valence-corrected chi connectivity index (χ2v) is 4.78. The van der Waals surface area contributed by atoms with E-state index >= 15 is 0 Å². The number of hydrogen-bond donors (Lipinski definition) is 2. The van der Waals surface area contributed by atoms with Crippen molar-refractivity contribution in [1.29, 1.82) is 0 Å². The van der Waals surface area contributed by atoms with Crippen LogP contribution in [0.25, 0.3) is 0 Å². The summed E-state index contributed by atoms with van der Waals surface area (Å²) in [5.41, 5.74) is 0.881. The molecule has 5 nitrogen and oxygen atoms in total. The van der Waals surface area contributed by atoms with Crippen LogP contribution in [0.2, 0.25) is 0 Å². The van der Waals surface area contributed by atoms with E-state index in [9.17, 15) is 4.79 Å². The van der Waals surface area contributed by atoms with Crippen molar-refractivity contribution < 1.29 is 4.79 Å². The van der Waals surface area contributed by atoms with Crippen LogP contribution in [0.15, 0.2) is 18.6 Å². The summed E-state index contributed by atoms with van der Waals surface area (Å²) in [7, 11) is 0. The van der Waals surface area contributed by atoms with Crippen molar-refractivity contribution in [3.8, 4) is 0 Å². The largest absolute Gasteiger partial charge is 0.355 e. The maximum absolute atomic E-state index is 11.7. The fraction of sp³-hybridized carbons (Fsp3) is 0.615. The van der Waals surface area contributed by atoms with Gasteiger partial charge in [0.15, 0.2) is 0 Å². The Bertz CT molecular complexity index is 353. The summed E-state index contributed by atoms with van der Waals surface area (Å²) in [4.78, 5) is 19.7. The lowest BCUT2D eigenvalue weighted by molar-refractivity contribution is -0.122. The number of carbonyl (C=O) groups is 1. The molecule has 0 aliphatic heterocycles. The first-order chi connectivity index (χ1) is 8.59. The molecule has 1 rings (SSSR count). The summed E-state index contributed by atoms with van der Waals surface area (Å²) in [6, 6.07) is 1.61. The second kappa shape index (κ2) is 7.76. The molecule has 0 bridgehead atoms. The van der Waals surface area contributed by atoms with Crippen LogP contribution in [-0.2, 0) is 11.3 Å². The standard InChI is InChI=1S/C13H22N4O/c1-10(2)4-7-15-13(18)11(3)16-8-12-5-6-14-9-17-12/h5-6,9-11,16H,4,7-8H2,1-3H3,(H,15,18). The molecule has 5 heteroatoms. The van der Waals surface area contributed by atoms with E-state index in [1.807, 2.05) is 13.0 Å². The first-order valence-electron chi connectivity index (χ1n) is 6.35. The van der Waals surface area contributed by atoms with Crippen LogP contribution < -0.4 is 10.6 Å². The summed E-state index contributed by atoms with van der Waals surface area (Å²) < 4.78 is 0. The van der Waals surface area contributed by atoms with Gasteiger partial charge in [-0.1, -0.05) is 13.8 Å². The molecule has 0 aliphatic carbocycles. The lowest BCUT2D eigenvalue weighted by atomic mass is 10.1. The van der Waals surface area contributed by atoms with Crippen molar-refractivity contribution in [2.24, 2.45) is 5.92 Å². The van der Waals surface area contributed by atoms with Crippen LogP contribution >= 0.6 is 0 Å². The number of amides is 1. The molecule has 0 saturated heterocycles. The maximum atomic E-state index is 11.7. The third-order valence-electron chi connectivity index (χ3n) is 2.65. The molecule has 1 aromatic rings. The highest BCUT2D eigenvalue weighted by Crippen LogP contribution is 1.97. The smallest absolute Gasteiger partial charge is 0.236 e. The Morgan fingerprint density at radius 1 is 1.39 bits per heavy atom. The molecule has 1 atom stereocenters. The molecule has 0 saturated carbocycles. The lowest BCUT2D eigenvalue weighted by Gasteiger charge is -2.14. The Labute approximate surface area is 108 Å². The number of hydrogen-bond acceptors (Lipinski definition) is 4. The molecule has 1 amide bonds. The first kappa shape index (κ1) is 14.6. The van der Waals surface area contributed by atoms with E-state index in [-0.39, 0.29) is 11.9 Å². The van der Waals surface area contributed by atoms with Gasteiger partial charge in [-0.3, -0.25) is 4.79 Å². The van der Waals surface area contributed by atoms with Crippen LogP contribution in [0.3, 0.4) is 0 Å². The van der Waals surface area contributed by atoms with E-state index < -0.39 is 0 Å². The molecular formula is C13H22N4O. The predicted octanol–water partition coefficient (Wildman–Crippen LogP) is 1.12. The van der Waals surface area contributed by atoms with Gasteiger partial charge in [-0.15, -0.1) is 0 Å². The fourth-order valence-electron chi connectivity index (χ4n) is 1.41. The molecule has 0 aromatic carbocycles. The molecule has 0 aliphatic rings. The Morgan fingerprint density at radius 3 is 2.78 bits per heavy atom. The van der Waals surface area contributed by atoms with Gasteiger partial charge in [0.25, 0.3) is 0 Å². The van der Waals surface area contributed by atoms with E-state index in [2.05, 4.69) is 34.4 Å². The molecule has 1 aromatic heterocycles. The van der Waals surface area contributed by atoms with Crippen LogP contribution in [0, 0.1) is 5.92 Å². The maximum Gasteiger partial charge on any atom is 0.236 e. The molecule has 1 unspecified atom stereocenters. The van der Waals surface area contributed by atoms with Crippen molar-refractivity contribution in [3.05, 3.63) is 24.3 Å². The molecule has 100 valence electrons. The Hall–Kier alpha value is -1.49. The molecule has 0 fully saturated rings. The average Bonchev–Trinajstić information content (AvgIpc) is 2.36. The van der Waals surface area contributed by atoms with Gasteiger partial charge < -0.3 is 10.6 Å². The Balaban J connectivity index is 2.23. The van der Waals surface area contributed by atoms with Crippen LogP contribution in [0.1, 0.15) is 32.9 Å². The zero-order valence-electron chi connectivity index (χ0n) is 11.3. The van der Waals surface area contributed by atoms with Gasteiger partial charge in [-0.05, 0) is 25.3 Å². The third kappa shape index (κ3) is 5.72. The highest BCUT2D eigenvalue weighted by atomic mass is 16.2. The molecule has 0 radical (unpaired) electrons. The third-order valence-corrected chi connectivity index (χ3v) is 2.65. The van der Waals surface area contributed by atoms with Gasteiger partial charge in [0.05, 0.1) is 11.7 Å². The summed E-state index contributed by atoms with van der Waals surface area (Å²) in [6.45, 7) is 7.44. The zero-order chi connectivity index (χ0) is 13.4. The zero-order valence-corrected chi connectivity index (χ0v) is 11.3. The number of aromatic nitrogens is 2. The molecular weight excluding hydrogens is 228 g/mol. The van der Waals surface area contributed by atoms with Gasteiger partial charge >= 0.3 is 0 Å². The molecule has 1 heterocycles. The number of nitrogens with zero attached hydrogens (tertiary/aromatic N) is 2. The van der Waals surface area contributed by atoms with Crippen molar-refractivity contribution in [2.45, 2.75) is 39.8 Å². The predicted molar refractivity (Wildman–Crippen MR) is 70.8 cm³/mol. The minimum absolute atomic E-state index is 0.0321. The van der Waals surface area contributed by atoms with Gasteiger partial charge in [0, 0.05) is 19.3 Å².